The summed E-state index contributed by atoms with van der Waals surface area (Å²) in [7, 11) is 1.61. The molecule has 0 aliphatic heterocycles. The summed E-state index contributed by atoms with van der Waals surface area (Å²) in [5.74, 6) is -1.02. The van der Waals surface area contributed by atoms with Gasteiger partial charge in [0.25, 0.3) is 5.56 Å². The third kappa shape index (κ3) is 4.90. The number of hydrogen-bond donors (Lipinski definition) is 4. The second kappa shape index (κ2) is 10.1. The Morgan fingerprint density at radius 1 is 1.34 bits per heavy atom. The Bertz CT molecular complexity index is 1290. The van der Waals surface area contributed by atoms with E-state index in [-0.39, 0.29) is 41.1 Å². The van der Waals surface area contributed by atoms with E-state index in [4.69, 9.17) is 21.7 Å². The normalized spacial score (nSPS) is 19.2. The van der Waals surface area contributed by atoms with Crippen molar-refractivity contribution >= 4 is 29.3 Å². The summed E-state index contributed by atoms with van der Waals surface area (Å²) >= 11 is 6.34. The molecule has 184 valence electrons. The zero-order valence-corrected chi connectivity index (χ0v) is 19.6. The summed E-state index contributed by atoms with van der Waals surface area (Å²) in [6.45, 7) is -0.327. The lowest BCUT2D eigenvalue weighted by atomic mass is 9.74. The van der Waals surface area contributed by atoms with Crippen LogP contribution in [-0.4, -0.2) is 46.2 Å². The summed E-state index contributed by atoms with van der Waals surface area (Å²) < 4.78 is 34.5. The molecule has 0 radical (unpaired) electrons. The summed E-state index contributed by atoms with van der Waals surface area (Å²) in [4.78, 5) is 17.4. The average Bonchev–Trinajstić information content (AvgIpc) is 2.82. The number of ether oxygens (including phenoxy) is 1. The van der Waals surface area contributed by atoms with E-state index in [1.54, 1.807) is 13.2 Å². The molecule has 0 spiro atoms. The van der Waals surface area contributed by atoms with Gasteiger partial charge in [0, 0.05) is 37.7 Å². The minimum atomic E-state index is -0.713. The van der Waals surface area contributed by atoms with Gasteiger partial charge < -0.3 is 25.9 Å². The van der Waals surface area contributed by atoms with E-state index in [0.29, 0.717) is 24.3 Å². The molecule has 0 saturated heterocycles. The number of methoxy groups -OCH3 is 1. The topological polar surface area (TPSA) is 112 Å². The van der Waals surface area contributed by atoms with Crippen molar-refractivity contribution in [1.29, 1.82) is 5.41 Å². The zero-order valence-electron chi connectivity index (χ0n) is 18.8. The molecular formula is C24H24ClF2N5O3. The molecular weight excluding hydrogens is 480 g/mol. The minimum Gasteiger partial charge on any atom is -0.394 e. The van der Waals surface area contributed by atoms with E-state index in [9.17, 15) is 18.7 Å². The number of aliphatic hydroxyl groups excluding tert-OH is 1. The van der Waals surface area contributed by atoms with Gasteiger partial charge in [-0.1, -0.05) is 17.7 Å². The molecule has 1 fully saturated rings. The molecule has 1 saturated carbocycles. The molecule has 2 aromatic heterocycles. The molecule has 8 nitrogen and oxygen atoms in total. The first-order valence-electron chi connectivity index (χ1n) is 10.8. The highest BCUT2D eigenvalue weighted by Gasteiger charge is 2.44. The lowest BCUT2D eigenvalue weighted by molar-refractivity contribution is -0.0258. The number of nitrogens with zero attached hydrogens (tertiary/aromatic N) is 2. The molecule has 0 unspecified atom stereocenters. The molecule has 4 rings (SSSR count). The Balaban J connectivity index is 1.62. The fourth-order valence-corrected chi connectivity index (χ4v) is 4.32. The number of hydrogen-bond acceptors (Lipinski definition) is 7. The zero-order chi connectivity index (χ0) is 25.2. The van der Waals surface area contributed by atoms with Crippen LogP contribution in [0.4, 0.5) is 20.3 Å². The maximum absolute atomic E-state index is 14.0. The molecule has 0 bridgehead atoms. The number of aromatic nitrogens is 2. The fraction of sp³-hybridized carbons (Fsp3) is 0.292. The smallest absolute Gasteiger partial charge is 0.266 e. The third-order valence-electron chi connectivity index (χ3n) is 6.15. The number of pyridine rings is 2. The number of benzene rings is 1. The minimum absolute atomic E-state index is 0.0135. The SMILES string of the molecule is COC1CC(CO)(Nc2cc(-n3ccc(NCc4c(F)cccc4F)c(C=N)c3=O)c(Cl)cn2)C1. The van der Waals surface area contributed by atoms with Crippen LogP contribution in [0.15, 0.2) is 47.5 Å². The van der Waals surface area contributed by atoms with E-state index < -0.39 is 22.7 Å². The number of nitrogens with one attached hydrogen (secondary N) is 3. The Morgan fingerprint density at radius 3 is 2.69 bits per heavy atom. The van der Waals surface area contributed by atoms with Crippen molar-refractivity contribution in [3.63, 3.8) is 0 Å². The van der Waals surface area contributed by atoms with Crippen LogP contribution in [0.25, 0.3) is 5.69 Å². The highest BCUT2D eigenvalue weighted by atomic mass is 35.5. The van der Waals surface area contributed by atoms with Crippen LogP contribution in [0, 0.1) is 17.0 Å². The maximum Gasteiger partial charge on any atom is 0.266 e. The van der Waals surface area contributed by atoms with Crippen LogP contribution < -0.4 is 16.2 Å². The highest BCUT2D eigenvalue weighted by Crippen LogP contribution is 2.37. The lowest BCUT2D eigenvalue weighted by Gasteiger charge is -2.46. The van der Waals surface area contributed by atoms with Gasteiger partial charge >= 0.3 is 0 Å². The fourth-order valence-electron chi connectivity index (χ4n) is 4.12. The van der Waals surface area contributed by atoms with Gasteiger partial charge in [0.15, 0.2) is 0 Å². The van der Waals surface area contributed by atoms with Gasteiger partial charge in [0.1, 0.15) is 17.5 Å². The Hall–Kier alpha value is -3.34. The van der Waals surface area contributed by atoms with E-state index in [1.165, 1.54) is 29.1 Å². The van der Waals surface area contributed by atoms with E-state index >= 15 is 0 Å². The van der Waals surface area contributed by atoms with Crippen LogP contribution in [0.1, 0.15) is 24.0 Å². The van der Waals surface area contributed by atoms with Crippen molar-refractivity contribution in [2.45, 2.75) is 31.0 Å². The lowest BCUT2D eigenvalue weighted by Crippen LogP contribution is -2.56. The van der Waals surface area contributed by atoms with Crippen LogP contribution in [0.5, 0.6) is 0 Å². The van der Waals surface area contributed by atoms with Gasteiger partial charge in [-0.15, -0.1) is 0 Å². The molecule has 2 heterocycles. The second-order valence-corrected chi connectivity index (χ2v) is 8.77. The Labute approximate surface area is 205 Å². The predicted octanol–water partition coefficient (Wildman–Crippen LogP) is 3.73. The summed E-state index contributed by atoms with van der Waals surface area (Å²) in [5, 5.41) is 23.8. The van der Waals surface area contributed by atoms with Gasteiger partial charge in [-0.2, -0.15) is 0 Å². The quantitative estimate of drug-likeness (QED) is 0.331. The van der Waals surface area contributed by atoms with Crippen LogP contribution >= 0.6 is 11.6 Å². The van der Waals surface area contributed by atoms with Gasteiger partial charge in [0.05, 0.1) is 46.4 Å². The summed E-state index contributed by atoms with van der Waals surface area (Å²) in [5.41, 5.74) is -0.769. The van der Waals surface area contributed by atoms with Gasteiger partial charge in [-0.3, -0.25) is 9.36 Å². The Kier molecular flexibility index (Phi) is 7.15. The molecule has 0 atom stereocenters. The van der Waals surface area contributed by atoms with Crippen molar-refractivity contribution in [3.8, 4) is 5.69 Å². The third-order valence-corrected chi connectivity index (χ3v) is 6.44. The van der Waals surface area contributed by atoms with Crippen molar-refractivity contribution in [2.75, 3.05) is 24.4 Å². The molecule has 35 heavy (non-hydrogen) atoms. The molecule has 1 aliphatic carbocycles. The molecule has 11 heteroatoms. The largest absolute Gasteiger partial charge is 0.394 e. The number of halogens is 3. The number of aliphatic hydroxyl groups is 1. The first-order chi connectivity index (χ1) is 16.8. The average molecular weight is 504 g/mol. The molecule has 0 amide bonds. The Morgan fingerprint density at radius 2 is 2.06 bits per heavy atom. The van der Waals surface area contributed by atoms with Crippen LogP contribution in [0.3, 0.4) is 0 Å². The van der Waals surface area contributed by atoms with Gasteiger partial charge in [0.2, 0.25) is 0 Å². The molecule has 4 N–H and O–H groups in total. The van der Waals surface area contributed by atoms with Crippen molar-refractivity contribution in [3.05, 3.63) is 80.9 Å². The molecule has 3 aromatic rings. The molecule has 1 aromatic carbocycles. The van der Waals surface area contributed by atoms with Crippen molar-refractivity contribution in [1.82, 2.24) is 9.55 Å². The van der Waals surface area contributed by atoms with Gasteiger partial charge in [-0.05, 0) is 31.0 Å². The van der Waals surface area contributed by atoms with E-state index in [2.05, 4.69) is 15.6 Å². The molecule has 1 aliphatic rings. The standard InChI is InChI=1S/C24H24ClF2N5O3/c1-35-14-8-24(9-14,13-33)31-22-7-21(17(25)12-30-22)32-6-5-20(15(10-28)23(32)34)29-11-16-18(26)3-2-4-19(16)27/h2-7,10,12,14,28-29,33H,8-9,11,13H2,1H3,(H,30,31). The summed E-state index contributed by atoms with van der Waals surface area (Å²) in [6.07, 6.45) is 4.94. The predicted molar refractivity (Wildman–Crippen MR) is 130 cm³/mol. The summed E-state index contributed by atoms with van der Waals surface area (Å²) in [6, 6.07) is 6.66. The first kappa shape index (κ1) is 24.8. The van der Waals surface area contributed by atoms with Crippen molar-refractivity contribution in [2.24, 2.45) is 0 Å². The van der Waals surface area contributed by atoms with Crippen LogP contribution in [-0.2, 0) is 11.3 Å². The monoisotopic (exact) mass is 503 g/mol. The van der Waals surface area contributed by atoms with Gasteiger partial charge in [-0.25, -0.2) is 13.8 Å². The number of anilines is 2. The number of rotatable bonds is 9. The van der Waals surface area contributed by atoms with Crippen LogP contribution in [0.2, 0.25) is 5.02 Å². The maximum atomic E-state index is 14.0. The van der Waals surface area contributed by atoms with E-state index in [1.807, 2.05) is 0 Å². The first-order valence-corrected chi connectivity index (χ1v) is 11.2. The van der Waals surface area contributed by atoms with E-state index in [0.717, 1.165) is 18.3 Å². The second-order valence-electron chi connectivity index (χ2n) is 8.37. The van der Waals surface area contributed by atoms with Crippen molar-refractivity contribution < 1.29 is 18.6 Å². The highest BCUT2D eigenvalue weighted by molar-refractivity contribution is 6.32.